The number of hydrogen-bond acceptors (Lipinski definition) is 3. The van der Waals surface area contributed by atoms with Crippen molar-refractivity contribution < 1.29 is 14.3 Å². The van der Waals surface area contributed by atoms with E-state index < -0.39 is 5.92 Å². The summed E-state index contributed by atoms with van der Waals surface area (Å²) in [6.45, 7) is 6.01. The first kappa shape index (κ1) is 14.3. The molecule has 1 aliphatic carbocycles. The average Bonchev–Trinajstić information content (AvgIpc) is 3.03. The molecule has 2 fully saturated rings. The van der Waals surface area contributed by atoms with Crippen LogP contribution in [0.3, 0.4) is 0 Å². The zero-order valence-electron chi connectivity index (χ0n) is 12.7. The fourth-order valence-corrected chi connectivity index (χ4v) is 5.14. The maximum absolute atomic E-state index is 13.0. The molecule has 0 aromatic heterocycles. The van der Waals surface area contributed by atoms with Crippen molar-refractivity contribution in [3.05, 3.63) is 44.9 Å². The van der Waals surface area contributed by atoms with Gasteiger partial charge in [0.1, 0.15) is 12.0 Å². The highest BCUT2D eigenvalue weighted by atomic mass is 79.9. The van der Waals surface area contributed by atoms with E-state index in [0.29, 0.717) is 0 Å². The van der Waals surface area contributed by atoms with Crippen LogP contribution in [0.1, 0.15) is 28.2 Å². The van der Waals surface area contributed by atoms with Gasteiger partial charge in [0, 0.05) is 4.48 Å². The molecule has 0 amide bonds. The monoisotopic (exact) mass is 360 g/mol. The van der Waals surface area contributed by atoms with E-state index in [1.54, 1.807) is 0 Å². The third-order valence-electron chi connectivity index (χ3n) is 5.22. The first-order valence-electron chi connectivity index (χ1n) is 7.58. The largest absolute Gasteiger partial charge is 0.364 e. The number of fused-ring (bicyclic) bond motifs is 5. The molecule has 114 valence electrons. The molecule has 1 saturated heterocycles. The van der Waals surface area contributed by atoms with Crippen molar-refractivity contribution in [2.45, 2.75) is 38.9 Å². The highest BCUT2D eigenvalue weighted by Gasteiger charge is 2.63. The summed E-state index contributed by atoms with van der Waals surface area (Å²) in [5, 5.41) is 0. The number of rotatable bonds is 1. The molecule has 3 nitrogen and oxygen atoms in total. The molecule has 2 heterocycles. The van der Waals surface area contributed by atoms with Crippen LogP contribution >= 0.6 is 15.9 Å². The van der Waals surface area contributed by atoms with Crippen LogP contribution in [0.15, 0.2) is 22.7 Å². The Morgan fingerprint density at radius 1 is 1.00 bits per heavy atom. The maximum atomic E-state index is 13.0. The second-order valence-corrected chi connectivity index (χ2v) is 7.59. The Kier molecular flexibility index (Phi) is 3.01. The van der Waals surface area contributed by atoms with E-state index in [-0.39, 0.29) is 35.6 Å². The SMILES string of the molecule is Cc1cc(C)c(C2C(=O)C3C4C=C(Br)C(O4)C3C2=O)c(C)c1. The van der Waals surface area contributed by atoms with E-state index in [1.165, 1.54) is 0 Å². The van der Waals surface area contributed by atoms with Crippen LogP contribution in [-0.4, -0.2) is 23.8 Å². The summed E-state index contributed by atoms with van der Waals surface area (Å²) in [5.74, 6) is -1.17. The van der Waals surface area contributed by atoms with Crippen LogP contribution in [0.2, 0.25) is 0 Å². The van der Waals surface area contributed by atoms with Gasteiger partial charge < -0.3 is 4.74 Å². The molecular weight excluding hydrogens is 344 g/mol. The van der Waals surface area contributed by atoms with Gasteiger partial charge in [0.25, 0.3) is 0 Å². The second-order valence-electron chi connectivity index (χ2n) is 6.67. The van der Waals surface area contributed by atoms with Gasteiger partial charge in [-0.3, -0.25) is 9.59 Å². The molecular formula is C18H17BrO3. The van der Waals surface area contributed by atoms with Crippen molar-refractivity contribution in [2.75, 3.05) is 0 Å². The molecule has 5 unspecified atom stereocenters. The number of ether oxygens (including phenoxy) is 1. The van der Waals surface area contributed by atoms with Gasteiger partial charge in [0.05, 0.1) is 17.9 Å². The Morgan fingerprint density at radius 3 is 2.23 bits per heavy atom. The van der Waals surface area contributed by atoms with Gasteiger partial charge in [-0.1, -0.05) is 33.6 Å². The summed E-state index contributed by atoms with van der Waals surface area (Å²) in [4.78, 5) is 25.9. The van der Waals surface area contributed by atoms with E-state index in [4.69, 9.17) is 4.74 Å². The molecule has 1 aromatic carbocycles. The summed E-state index contributed by atoms with van der Waals surface area (Å²) >= 11 is 3.47. The van der Waals surface area contributed by atoms with Crippen LogP contribution in [0.5, 0.6) is 0 Å². The summed E-state index contributed by atoms with van der Waals surface area (Å²) in [6.07, 6.45) is 1.44. The lowest BCUT2D eigenvalue weighted by Crippen LogP contribution is -2.27. The minimum absolute atomic E-state index is 0.0302. The fourth-order valence-electron chi connectivity index (χ4n) is 4.48. The minimum Gasteiger partial charge on any atom is -0.364 e. The van der Waals surface area contributed by atoms with Gasteiger partial charge in [-0.2, -0.15) is 0 Å². The number of ketones is 2. The minimum atomic E-state index is -0.615. The number of Topliss-reactive ketones (excluding diaryl/α,β-unsaturated/α-hetero) is 2. The van der Waals surface area contributed by atoms with E-state index in [9.17, 15) is 9.59 Å². The van der Waals surface area contributed by atoms with E-state index >= 15 is 0 Å². The Bertz CT molecular complexity index is 726. The Morgan fingerprint density at radius 2 is 1.59 bits per heavy atom. The molecule has 0 N–H and O–H groups in total. The molecule has 4 rings (SSSR count). The standard InChI is InChI=1S/C18H17BrO3/c1-7-4-8(2)12(9(3)5-7)14-16(20)13-11-6-10(19)18(22-11)15(13)17(14)21/h4-6,11,13-15,18H,1-3H3. The zero-order valence-corrected chi connectivity index (χ0v) is 14.3. The van der Waals surface area contributed by atoms with Gasteiger partial charge >= 0.3 is 0 Å². The van der Waals surface area contributed by atoms with Crippen LogP contribution in [0.25, 0.3) is 0 Å². The first-order chi connectivity index (χ1) is 10.4. The highest BCUT2D eigenvalue weighted by molar-refractivity contribution is 9.11. The second kappa shape index (κ2) is 4.62. The lowest BCUT2D eigenvalue weighted by molar-refractivity contribution is -0.127. The van der Waals surface area contributed by atoms with Crippen LogP contribution in [0.4, 0.5) is 0 Å². The average molecular weight is 361 g/mol. The van der Waals surface area contributed by atoms with Gasteiger partial charge in [-0.15, -0.1) is 0 Å². The van der Waals surface area contributed by atoms with Gasteiger partial charge in [-0.05, 0) is 43.5 Å². The molecule has 3 aliphatic rings. The molecule has 2 aliphatic heterocycles. The van der Waals surface area contributed by atoms with Crippen molar-refractivity contribution in [1.29, 1.82) is 0 Å². The van der Waals surface area contributed by atoms with Gasteiger partial charge in [0.2, 0.25) is 0 Å². The smallest absolute Gasteiger partial charge is 0.154 e. The molecule has 0 spiro atoms. The van der Waals surface area contributed by atoms with Gasteiger partial charge in [-0.25, -0.2) is 0 Å². The Balaban J connectivity index is 1.81. The summed E-state index contributed by atoms with van der Waals surface area (Å²) in [5.41, 5.74) is 4.13. The van der Waals surface area contributed by atoms with Crippen molar-refractivity contribution in [2.24, 2.45) is 11.8 Å². The summed E-state index contributed by atoms with van der Waals surface area (Å²) < 4.78 is 6.69. The number of carbonyl (C=O) groups is 2. The van der Waals surface area contributed by atoms with Crippen LogP contribution < -0.4 is 0 Å². The Labute approximate surface area is 137 Å². The molecule has 5 atom stereocenters. The van der Waals surface area contributed by atoms with Crippen molar-refractivity contribution in [1.82, 2.24) is 0 Å². The lowest BCUT2D eigenvalue weighted by atomic mass is 9.85. The van der Waals surface area contributed by atoms with Crippen molar-refractivity contribution in [3.8, 4) is 0 Å². The summed E-state index contributed by atoms with van der Waals surface area (Å²) in [7, 11) is 0. The number of carbonyl (C=O) groups excluding carboxylic acids is 2. The molecule has 2 bridgehead atoms. The Hall–Kier alpha value is -1.26. The summed E-state index contributed by atoms with van der Waals surface area (Å²) in [6, 6.07) is 4.10. The number of aryl methyl sites for hydroxylation is 3. The predicted octanol–water partition coefficient (Wildman–Crippen LogP) is 3.14. The van der Waals surface area contributed by atoms with E-state index in [0.717, 1.165) is 26.7 Å². The molecule has 0 radical (unpaired) electrons. The third-order valence-corrected chi connectivity index (χ3v) is 5.93. The number of hydrogen-bond donors (Lipinski definition) is 0. The topological polar surface area (TPSA) is 43.4 Å². The first-order valence-corrected chi connectivity index (χ1v) is 8.37. The predicted molar refractivity (Wildman–Crippen MR) is 86.1 cm³/mol. The van der Waals surface area contributed by atoms with Crippen LogP contribution in [0, 0.1) is 32.6 Å². The van der Waals surface area contributed by atoms with Crippen molar-refractivity contribution in [3.63, 3.8) is 0 Å². The quantitative estimate of drug-likeness (QED) is 0.722. The third kappa shape index (κ3) is 1.71. The highest BCUT2D eigenvalue weighted by Crippen LogP contribution is 2.53. The normalized spacial score (nSPS) is 36.0. The lowest BCUT2D eigenvalue weighted by Gasteiger charge is -2.18. The molecule has 22 heavy (non-hydrogen) atoms. The van der Waals surface area contributed by atoms with Crippen LogP contribution in [-0.2, 0) is 14.3 Å². The number of halogens is 1. The number of benzene rings is 1. The fraction of sp³-hybridized carbons (Fsp3) is 0.444. The van der Waals surface area contributed by atoms with E-state index in [2.05, 4.69) is 28.1 Å². The van der Waals surface area contributed by atoms with Gasteiger partial charge in [0.15, 0.2) is 11.6 Å². The van der Waals surface area contributed by atoms with Crippen molar-refractivity contribution >= 4 is 27.5 Å². The molecule has 4 heteroatoms. The van der Waals surface area contributed by atoms with E-state index in [1.807, 2.05) is 26.8 Å². The molecule has 1 saturated carbocycles. The maximum Gasteiger partial charge on any atom is 0.154 e. The zero-order chi connectivity index (χ0) is 15.8. The molecule has 1 aromatic rings.